The SMILES string of the molecule is CCC1CCC(Cc2ccncc2)(C(=O)O)C1. The minimum Gasteiger partial charge on any atom is -0.481 e. The molecule has 3 heteroatoms. The van der Waals surface area contributed by atoms with Crippen LogP contribution in [0.2, 0.25) is 0 Å². The fraction of sp³-hybridized carbons (Fsp3) is 0.571. The third-order valence-corrected chi connectivity index (χ3v) is 4.03. The van der Waals surface area contributed by atoms with E-state index in [2.05, 4.69) is 11.9 Å². The molecule has 1 aliphatic carbocycles. The molecule has 92 valence electrons. The molecule has 1 aromatic heterocycles. The minimum absolute atomic E-state index is 0.540. The number of rotatable bonds is 4. The number of hydrogen-bond acceptors (Lipinski definition) is 2. The average molecular weight is 233 g/mol. The fourth-order valence-electron chi connectivity index (χ4n) is 2.91. The standard InChI is InChI=1S/C14H19NO2/c1-2-11-3-6-14(9-11,13(16)17)10-12-4-7-15-8-5-12/h4-5,7-8,11H,2-3,6,9-10H2,1H3,(H,16,17). The summed E-state index contributed by atoms with van der Waals surface area (Å²) in [5.41, 5.74) is 0.543. The van der Waals surface area contributed by atoms with E-state index in [4.69, 9.17) is 0 Å². The second-order valence-electron chi connectivity index (χ2n) is 5.13. The van der Waals surface area contributed by atoms with Gasteiger partial charge in [0.25, 0.3) is 0 Å². The lowest BCUT2D eigenvalue weighted by Crippen LogP contribution is -2.30. The summed E-state index contributed by atoms with van der Waals surface area (Å²) < 4.78 is 0. The van der Waals surface area contributed by atoms with Gasteiger partial charge in [0, 0.05) is 12.4 Å². The Morgan fingerprint density at radius 2 is 2.24 bits per heavy atom. The minimum atomic E-state index is -0.634. The van der Waals surface area contributed by atoms with E-state index in [1.54, 1.807) is 12.4 Å². The highest BCUT2D eigenvalue weighted by molar-refractivity contribution is 5.75. The number of aliphatic carboxylic acids is 1. The molecule has 0 saturated heterocycles. The molecule has 1 fully saturated rings. The van der Waals surface area contributed by atoms with Crippen molar-refractivity contribution in [2.24, 2.45) is 11.3 Å². The first-order valence-corrected chi connectivity index (χ1v) is 6.28. The normalized spacial score (nSPS) is 28.2. The van der Waals surface area contributed by atoms with Crippen molar-refractivity contribution in [2.45, 2.75) is 39.0 Å². The number of carboxylic acid groups (broad SMARTS) is 1. The molecular formula is C14H19NO2. The molecule has 1 saturated carbocycles. The van der Waals surface area contributed by atoms with Crippen LogP contribution in [0.15, 0.2) is 24.5 Å². The van der Waals surface area contributed by atoms with Gasteiger partial charge < -0.3 is 5.11 Å². The molecule has 1 N–H and O–H groups in total. The lowest BCUT2D eigenvalue weighted by atomic mass is 9.79. The molecule has 2 unspecified atom stereocenters. The highest BCUT2D eigenvalue weighted by atomic mass is 16.4. The van der Waals surface area contributed by atoms with Crippen molar-refractivity contribution < 1.29 is 9.90 Å². The number of nitrogens with zero attached hydrogens (tertiary/aromatic N) is 1. The molecule has 17 heavy (non-hydrogen) atoms. The van der Waals surface area contributed by atoms with E-state index in [0.717, 1.165) is 31.2 Å². The first-order valence-electron chi connectivity index (χ1n) is 6.28. The molecule has 0 amide bonds. The molecule has 2 rings (SSSR count). The van der Waals surface area contributed by atoms with Crippen molar-refractivity contribution in [2.75, 3.05) is 0 Å². The van der Waals surface area contributed by atoms with E-state index in [1.807, 2.05) is 12.1 Å². The summed E-state index contributed by atoms with van der Waals surface area (Å²) in [6, 6.07) is 3.84. The molecule has 0 radical (unpaired) electrons. The molecule has 2 atom stereocenters. The summed E-state index contributed by atoms with van der Waals surface area (Å²) >= 11 is 0. The zero-order chi connectivity index (χ0) is 12.3. The van der Waals surface area contributed by atoms with Crippen LogP contribution in [-0.2, 0) is 11.2 Å². The van der Waals surface area contributed by atoms with Gasteiger partial charge in [-0.25, -0.2) is 0 Å². The predicted molar refractivity (Wildman–Crippen MR) is 65.6 cm³/mol. The third kappa shape index (κ3) is 2.48. The quantitative estimate of drug-likeness (QED) is 0.870. The summed E-state index contributed by atoms with van der Waals surface area (Å²) in [5, 5.41) is 9.52. The molecule has 1 heterocycles. The Morgan fingerprint density at radius 1 is 1.53 bits per heavy atom. The molecule has 3 nitrogen and oxygen atoms in total. The van der Waals surface area contributed by atoms with E-state index in [9.17, 15) is 9.90 Å². The summed E-state index contributed by atoms with van der Waals surface area (Å²) in [4.78, 5) is 15.5. The first-order chi connectivity index (χ1) is 8.16. The summed E-state index contributed by atoms with van der Waals surface area (Å²) in [6.07, 6.45) is 7.87. The van der Waals surface area contributed by atoms with Crippen LogP contribution in [-0.4, -0.2) is 16.1 Å². The Bertz CT molecular complexity index is 390. The van der Waals surface area contributed by atoms with Crippen LogP contribution >= 0.6 is 0 Å². The Balaban J connectivity index is 2.17. The van der Waals surface area contributed by atoms with E-state index >= 15 is 0 Å². The maximum Gasteiger partial charge on any atom is 0.309 e. The van der Waals surface area contributed by atoms with Gasteiger partial charge in [0.05, 0.1) is 5.41 Å². The number of aromatic nitrogens is 1. The number of pyridine rings is 1. The zero-order valence-corrected chi connectivity index (χ0v) is 10.2. The molecule has 0 aliphatic heterocycles. The van der Waals surface area contributed by atoms with Gasteiger partial charge in [0.15, 0.2) is 0 Å². The van der Waals surface area contributed by atoms with Crippen LogP contribution in [0.25, 0.3) is 0 Å². The van der Waals surface area contributed by atoms with Crippen molar-refractivity contribution in [3.63, 3.8) is 0 Å². The van der Waals surface area contributed by atoms with Crippen LogP contribution in [0.1, 0.15) is 38.2 Å². The molecule has 0 aromatic carbocycles. The average Bonchev–Trinajstić information content (AvgIpc) is 2.75. The van der Waals surface area contributed by atoms with Gasteiger partial charge in [-0.2, -0.15) is 0 Å². The Kier molecular flexibility index (Phi) is 3.46. The van der Waals surface area contributed by atoms with Crippen molar-refractivity contribution >= 4 is 5.97 Å². The first kappa shape index (κ1) is 12.1. The lowest BCUT2D eigenvalue weighted by Gasteiger charge is -2.24. The van der Waals surface area contributed by atoms with Gasteiger partial charge in [0.1, 0.15) is 0 Å². The molecule has 1 aromatic rings. The maximum absolute atomic E-state index is 11.6. The fourth-order valence-corrected chi connectivity index (χ4v) is 2.91. The number of carboxylic acids is 1. The molecular weight excluding hydrogens is 214 g/mol. The number of hydrogen-bond donors (Lipinski definition) is 1. The largest absolute Gasteiger partial charge is 0.481 e. The lowest BCUT2D eigenvalue weighted by molar-refractivity contribution is -0.148. The van der Waals surface area contributed by atoms with Crippen LogP contribution < -0.4 is 0 Å². The van der Waals surface area contributed by atoms with Crippen LogP contribution in [0.4, 0.5) is 0 Å². The van der Waals surface area contributed by atoms with Gasteiger partial charge in [-0.05, 0) is 49.3 Å². The van der Waals surface area contributed by atoms with Crippen LogP contribution in [0, 0.1) is 11.3 Å². The smallest absolute Gasteiger partial charge is 0.309 e. The second-order valence-corrected chi connectivity index (χ2v) is 5.13. The van der Waals surface area contributed by atoms with E-state index in [1.165, 1.54) is 0 Å². The van der Waals surface area contributed by atoms with Crippen molar-refractivity contribution in [3.05, 3.63) is 30.1 Å². The van der Waals surface area contributed by atoms with Gasteiger partial charge >= 0.3 is 5.97 Å². The second kappa shape index (κ2) is 4.86. The van der Waals surface area contributed by atoms with E-state index < -0.39 is 11.4 Å². The Morgan fingerprint density at radius 3 is 2.76 bits per heavy atom. The summed E-state index contributed by atoms with van der Waals surface area (Å²) in [6.45, 7) is 2.15. The third-order valence-electron chi connectivity index (χ3n) is 4.03. The van der Waals surface area contributed by atoms with Gasteiger partial charge in [-0.1, -0.05) is 13.3 Å². The van der Waals surface area contributed by atoms with Gasteiger partial charge in [-0.3, -0.25) is 9.78 Å². The zero-order valence-electron chi connectivity index (χ0n) is 10.2. The van der Waals surface area contributed by atoms with Gasteiger partial charge in [-0.15, -0.1) is 0 Å². The van der Waals surface area contributed by atoms with Crippen molar-refractivity contribution in [1.82, 2.24) is 4.98 Å². The highest BCUT2D eigenvalue weighted by Crippen LogP contribution is 2.45. The van der Waals surface area contributed by atoms with Crippen LogP contribution in [0.5, 0.6) is 0 Å². The summed E-state index contributed by atoms with van der Waals surface area (Å²) in [7, 11) is 0. The van der Waals surface area contributed by atoms with Gasteiger partial charge in [0.2, 0.25) is 0 Å². The Hall–Kier alpha value is -1.38. The topological polar surface area (TPSA) is 50.2 Å². The van der Waals surface area contributed by atoms with Crippen molar-refractivity contribution in [3.8, 4) is 0 Å². The van der Waals surface area contributed by atoms with E-state index in [0.29, 0.717) is 12.3 Å². The maximum atomic E-state index is 11.6. The van der Waals surface area contributed by atoms with Crippen molar-refractivity contribution in [1.29, 1.82) is 0 Å². The molecule has 0 bridgehead atoms. The monoisotopic (exact) mass is 233 g/mol. The number of carbonyl (C=O) groups is 1. The Labute approximate surface area is 102 Å². The molecule has 0 spiro atoms. The highest BCUT2D eigenvalue weighted by Gasteiger charge is 2.44. The predicted octanol–water partition coefficient (Wildman–Crippen LogP) is 2.91. The summed E-state index contributed by atoms with van der Waals surface area (Å²) in [5.74, 6) is -0.0572. The molecule has 1 aliphatic rings. The van der Waals surface area contributed by atoms with E-state index in [-0.39, 0.29) is 0 Å². The van der Waals surface area contributed by atoms with Crippen LogP contribution in [0.3, 0.4) is 0 Å².